The molecule has 1 heterocycles. The molecule has 1 aliphatic heterocycles. The predicted octanol–water partition coefficient (Wildman–Crippen LogP) is 2.53. The number of hydrogen-bond acceptors (Lipinski definition) is 4. The van der Waals surface area contributed by atoms with Crippen LogP contribution in [0, 0.1) is 0 Å². The molecule has 0 amide bonds. The van der Waals surface area contributed by atoms with Crippen LogP contribution in [0.25, 0.3) is 0 Å². The quantitative estimate of drug-likeness (QED) is 0.812. The van der Waals surface area contributed by atoms with Crippen molar-refractivity contribution in [1.82, 2.24) is 0 Å². The van der Waals surface area contributed by atoms with Crippen LogP contribution in [0.3, 0.4) is 0 Å². The molecule has 0 radical (unpaired) electrons. The lowest BCUT2D eigenvalue weighted by molar-refractivity contribution is 0.101. The highest BCUT2D eigenvalue weighted by molar-refractivity contribution is 7.92. The van der Waals surface area contributed by atoms with Crippen molar-refractivity contribution in [3.8, 4) is 0 Å². The van der Waals surface area contributed by atoms with Crippen LogP contribution < -0.4 is 9.21 Å². The van der Waals surface area contributed by atoms with Crippen molar-refractivity contribution in [1.29, 1.82) is 0 Å². The normalized spacial score (nSPS) is 14.5. The highest BCUT2D eigenvalue weighted by Gasteiger charge is 2.30. The minimum absolute atomic E-state index is 0.0844. The molecule has 0 saturated heterocycles. The number of ketones is 1. The fourth-order valence-corrected chi connectivity index (χ4v) is 4.19. The van der Waals surface area contributed by atoms with Crippen molar-refractivity contribution in [2.24, 2.45) is 0 Å². The van der Waals surface area contributed by atoms with Gasteiger partial charge in [0.05, 0.1) is 22.8 Å². The molecule has 0 aliphatic carbocycles. The van der Waals surface area contributed by atoms with Crippen molar-refractivity contribution in [3.05, 3.63) is 54.1 Å². The molecule has 0 unspecified atom stereocenters. The molecule has 120 valence electrons. The minimum atomic E-state index is -3.65. The summed E-state index contributed by atoms with van der Waals surface area (Å²) in [6, 6.07) is 13.5. The summed E-state index contributed by atoms with van der Waals surface area (Å²) >= 11 is 0. The number of benzene rings is 2. The van der Waals surface area contributed by atoms with Crippen molar-refractivity contribution >= 4 is 27.2 Å². The number of Topliss-reactive ketones (excluding diaryl/α,β-unsaturated/α-hetero) is 1. The molecular formula is C17H18N2O3S. The Hall–Kier alpha value is -2.34. The van der Waals surface area contributed by atoms with Crippen LogP contribution in [0.2, 0.25) is 0 Å². The fourth-order valence-electron chi connectivity index (χ4n) is 2.72. The van der Waals surface area contributed by atoms with E-state index >= 15 is 0 Å². The van der Waals surface area contributed by atoms with Gasteiger partial charge in [-0.25, -0.2) is 8.42 Å². The second kappa shape index (κ2) is 5.70. The van der Waals surface area contributed by atoms with Crippen LogP contribution in [-0.4, -0.2) is 34.3 Å². The number of anilines is 2. The van der Waals surface area contributed by atoms with Gasteiger partial charge in [-0.2, -0.15) is 0 Å². The number of fused-ring (bicyclic) bond motifs is 1. The second-order valence-electron chi connectivity index (χ2n) is 5.57. The first-order valence-corrected chi connectivity index (χ1v) is 8.79. The first kappa shape index (κ1) is 15.6. The van der Waals surface area contributed by atoms with Crippen LogP contribution in [0.15, 0.2) is 53.4 Å². The molecule has 0 aromatic heterocycles. The SMILES string of the molecule is CC(=O)c1ccc(S(=O)(=O)N2CCN(C)c3ccccc32)cc1. The average Bonchev–Trinajstić information content (AvgIpc) is 2.55. The van der Waals surface area contributed by atoms with Crippen molar-refractivity contribution in [3.63, 3.8) is 0 Å². The molecule has 6 heteroatoms. The largest absolute Gasteiger partial charge is 0.371 e. The fraction of sp³-hybridized carbons (Fsp3) is 0.235. The summed E-state index contributed by atoms with van der Waals surface area (Å²) < 4.78 is 27.4. The predicted molar refractivity (Wildman–Crippen MR) is 90.7 cm³/mol. The van der Waals surface area contributed by atoms with E-state index in [0.29, 0.717) is 24.3 Å². The van der Waals surface area contributed by atoms with E-state index in [0.717, 1.165) is 5.69 Å². The Balaban J connectivity index is 2.03. The molecule has 0 fully saturated rings. The third-order valence-corrected chi connectivity index (χ3v) is 5.88. The van der Waals surface area contributed by atoms with E-state index < -0.39 is 10.0 Å². The molecule has 3 rings (SSSR count). The molecule has 23 heavy (non-hydrogen) atoms. The smallest absolute Gasteiger partial charge is 0.264 e. The monoisotopic (exact) mass is 330 g/mol. The summed E-state index contributed by atoms with van der Waals surface area (Å²) in [7, 11) is -1.70. The maximum atomic E-state index is 13.0. The zero-order valence-corrected chi connectivity index (χ0v) is 13.9. The highest BCUT2D eigenvalue weighted by atomic mass is 32.2. The van der Waals surface area contributed by atoms with Crippen LogP contribution in [0.4, 0.5) is 11.4 Å². The van der Waals surface area contributed by atoms with Gasteiger partial charge in [0.1, 0.15) is 0 Å². The topological polar surface area (TPSA) is 57.7 Å². The molecule has 0 N–H and O–H groups in total. The summed E-state index contributed by atoms with van der Waals surface area (Å²) in [5.74, 6) is -0.0844. The van der Waals surface area contributed by atoms with Gasteiger partial charge in [-0.05, 0) is 31.2 Å². The van der Waals surface area contributed by atoms with Gasteiger partial charge in [0.25, 0.3) is 10.0 Å². The Morgan fingerprint density at radius 3 is 2.17 bits per heavy atom. The molecule has 0 saturated carbocycles. The summed E-state index contributed by atoms with van der Waals surface area (Å²) in [6.45, 7) is 2.48. The average molecular weight is 330 g/mol. The van der Waals surface area contributed by atoms with E-state index in [4.69, 9.17) is 0 Å². The van der Waals surface area contributed by atoms with E-state index in [1.54, 1.807) is 12.1 Å². The third-order valence-electron chi connectivity index (χ3n) is 4.05. The molecular weight excluding hydrogens is 312 g/mol. The number of sulfonamides is 1. The van der Waals surface area contributed by atoms with E-state index in [1.165, 1.54) is 23.4 Å². The molecule has 5 nitrogen and oxygen atoms in total. The standard InChI is InChI=1S/C17H18N2O3S/c1-13(20)14-7-9-15(10-8-14)23(21,22)19-12-11-18(2)16-5-3-4-6-17(16)19/h3-10H,11-12H2,1-2H3. The summed E-state index contributed by atoms with van der Waals surface area (Å²) in [6.07, 6.45) is 0. The number of carbonyl (C=O) groups excluding carboxylic acids is 1. The van der Waals surface area contributed by atoms with Crippen molar-refractivity contribution in [2.45, 2.75) is 11.8 Å². The van der Waals surface area contributed by atoms with Crippen molar-refractivity contribution < 1.29 is 13.2 Å². The van der Waals surface area contributed by atoms with Gasteiger partial charge in [0.15, 0.2) is 5.78 Å². The summed E-state index contributed by atoms with van der Waals surface area (Å²) in [4.78, 5) is 13.6. The number of likely N-dealkylation sites (N-methyl/N-ethyl adjacent to an activating group) is 1. The molecule has 2 aromatic carbocycles. The van der Waals surface area contributed by atoms with Gasteiger partial charge in [-0.15, -0.1) is 0 Å². The van der Waals surface area contributed by atoms with Crippen LogP contribution >= 0.6 is 0 Å². The number of carbonyl (C=O) groups is 1. The summed E-state index contributed by atoms with van der Waals surface area (Å²) in [5.41, 5.74) is 2.07. The third kappa shape index (κ3) is 2.70. The lowest BCUT2D eigenvalue weighted by atomic mass is 10.2. The first-order chi connectivity index (χ1) is 10.9. The van der Waals surface area contributed by atoms with E-state index in [1.807, 2.05) is 36.2 Å². The van der Waals surface area contributed by atoms with Gasteiger partial charge in [-0.3, -0.25) is 9.10 Å². The minimum Gasteiger partial charge on any atom is -0.371 e. The molecule has 0 atom stereocenters. The highest BCUT2D eigenvalue weighted by Crippen LogP contribution is 2.35. The van der Waals surface area contributed by atoms with Gasteiger partial charge in [-0.1, -0.05) is 24.3 Å². The molecule has 2 aromatic rings. The van der Waals surface area contributed by atoms with Crippen molar-refractivity contribution in [2.75, 3.05) is 29.3 Å². The molecule has 0 bridgehead atoms. The zero-order valence-electron chi connectivity index (χ0n) is 13.1. The lowest BCUT2D eigenvalue weighted by Gasteiger charge is -2.36. The number of hydrogen-bond donors (Lipinski definition) is 0. The Labute approximate surface area is 136 Å². The Morgan fingerprint density at radius 1 is 0.957 bits per heavy atom. The van der Waals surface area contributed by atoms with Crippen LogP contribution in [0.5, 0.6) is 0 Å². The Morgan fingerprint density at radius 2 is 1.57 bits per heavy atom. The van der Waals surface area contributed by atoms with Gasteiger partial charge >= 0.3 is 0 Å². The maximum absolute atomic E-state index is 13.0. The van der Waals surface area contributed by atoms with E-state index in [-0.39, 0.29) is 10.7 Å². The number of para-hydroxylation sites is 2. The van der Waals surface area contributed by atoms with Gasteiger partial charge in [0, 0.05) is 19.2 Å². The number of rotatable bonds is 3. The molecule has 0 spiro atoms. The lowest BCUT2D eigenvalue weighted by Crippen LogP contribution is -2.42. The summed E-state index contributed by atoms with van der Waals surface area (Å²) in [5, 5.41) is 0. The Bertz CT molecular complexity index is 844. The number of nitrogens with zero attached hydrogens (tertiary/aromatic N) is 2. The van der Waals surface area contributed by atoms with E-state index in [9.17, 15) is 13.2 Å². The maximum Gasteiger partial charge on any atom is 0.264 e. The van der Waals surface area contributed by atoms with Crippen LogP contribution in [0.1, 0.15) is 17.3 Å². The molecule has 1 aliphatic rings. The van der Waals surface area contributed by atoms with E-state index in [2.05, 4.69) is 0 Å². The Kier molecular flexibility index (Phi) is 3.85. The van der Waals surface area contributed by atoms with Gasteiger partial charge in [0.2, 0.25) is 0 Å². The first-order valence-electron chi connectivity index (χ1n) is 7.35. The van der Waals surface area contributed by atoms with Gasteiger partial charge < -0.3 is 4.90 Å². The zero-order chi connectivity index (χ0) is 16.6. The second-order valence-corrected chi connectivity index (χ2v) is 7.43. The van der Waals surface area contributed by atoms with Crippen LogP contribution in [-0.2, 0) is 10.0 Å².